The molecule has 2 aliphatic rings. The van der Waals surface area contributed by atoms with Crippen molar-refractivity contribution in [1.82, 2.24) is 14.7 Å². The Kier molecular flexibility index (Phi) is 6.18. The lowest BCUT2D eigenvalue weighted by atomic mass is 10.1. The molecule has 1 aliphatic carbocycles. The normalized spacial score (nSPS) is 17.7. The first kappa shape index (κ1) is 20.6. The van der Waals surface area contributed by atoms with Gasteiger partial charge >= 0.3 is 5.97 Å². The van der Waals surface area contributed by atoms with E-state index in [1.807, 2.05) is 22.9 Å². The number of ether oxygens (including phenoxy) is 2. The second kappa shape index (κ2) is 9.00. The Morgan fingerprint density at radius 1 is 1.27 bits per heavy atom. The maximum Gasteiger partial charge on any atom is 0.307 e. The van der Waals surface area contributed by atoms with Crippen LogP contribution in [0.3, 0.4) is 0 Å². The van der Waals surface area contributed by atoms with E-state index in [0.29, 0.717) is 18.8 Å². The number of hydrogen-bond donors (Lipinski definition) is 0. The van der Waals surface area contributed by atoms with Crippen LogP contribution in [0.15, 0.2) is 24.3 Å². The average molecular weight is 412 g/mol. The van der Waals surface area contributed by atoms with Crippen LogP contribution in [-0.2, 0) is 27.1 Å². The van der Waals surface area contributed by atoms with Crippen LogP contribution in [0.1, 0.15) is 53.0 Å². The van der Waals surface area contributed by atoms with E-state index in [4.69, 9.17) is 14.6 Å². The van der Waals surface area contributed by atoms with Crippen molar-refractivity contribution < 1.29 is 19.1 Å². The first-order chi connectivity index (χ1) is 14.6. The fraction of sp³-hybridized carbons (Fsp3) is 0.522. The van der Waals surface area contributed by atoms with Crippen LogP contribution in [-0.4, -0.2) is 59.5 Å². The minimum absolute atomic E-state index is 0.0121. The number of benzene rings is 1. The van der Waals surface area contributed by atoms with E-state index in [9.17, 15) is 9.59 Å². The number of carbonyl (C=O) groups excluding carboxylic acids is 2. The van der Waals surface area contributed by atoms with Gasteiger partial charge in [-0.1, -0.05) is 18.2 Å². The van der Waals surface area contributed by atoms with Gasteiger partial charge in [-0.05, 0) is 50.7 Å². The molecule has 2 heterocycles. The summed E-state index contributed by atoms with van der Waals surface area (Å²) in [6, 6.07) is 8.09. The molecule has 1 amide bonds. The summed E-state index contributed by atoms with van der Waals surface area (Å²) in [6.07, 6.45) is 4.89. The van der Waals surface area contributed by atoms with Gasteiger partial charge in [0.2, 0.25) is 0 Å². The Bertz CT molecular complexity index is 931. The SMILES string of the molecule is COC(=O)CCN(CC1CCCO1)C(=O)c1nn(-c2ccccc2C)c2c1CCC2. The van der Waals surface area contributed by atoms with Crippen molar-refractivity contribution in [3.05, 3.63) is 46.8 Å². The van der Waals surface area contributed by atoms with Crippen molar-refractivity contribution >= 4 is 11.9 Å². The van der Waals surface area contributed by atoms with Crippen molar-refractivity contribution in [2.24, 2.45) is 0 Å². The number of carbonyl (C=O) groups is 2. The van der Waals surface area contributed by atoms with Gasteiger partial charge in [-0.15, -0.1) is 0 Å². The number of para-hydroxylation sites is 1. The maximum atomic E-state index is 13.6. The van der Waals surface area contributed by atoms with E-state index in [0.717, 1.165) is 61.2 Å². The third kappa shape index (κ3) is 4.12. The van der Waals surface area contributed by atoms with Gasteiger partial charge in [0, 0.05) is 31.0 Å². The number of hydrogen-bond acceptors (Lipinski definition) is 5. The van der Waals surface area contributed by atoms with Crippen molar-refractivity contribution in [3.63, 3.8) is 0 Å². The van der Waals surface area contributed by atoms with Crippen LogP contribution in [0.4, 0.5) is 0 Å². The molecule has 7 nitrogen and oxygen atoms in total. The summed E-state index contributed by atoms with van der Waals surface area (Å²) in [5.74, 6) is -0.448. The van der Waals surface area contributed by atoms with Gasteiger partial charge in [-0.25, -0.2) is 4.68 Å². The number of aromatic nitrogens is 2. The fourth-order valence-corrected chi connectivity index (χ4v) is 4.40. The summed E-state index contributed by atoms with van der Waals surface area (Å²) in [5.41, 5.74) is 4.80. The highest BCUT2D eigenvalue weighted by Crippen LogP contribution is 2.30. The smallest absolute Gasteiger partial charge is 0.307 e. The lowest BCUT2D eigenvalue weighted by molar-refractivity contribution is -0.140. The Morgan fingerprint density at radius 3 is 2.83 bits per heavy atom. The zero-order valence-electron chi connectivity index (χ0n) is 17.7. The number of nitrogens with zero attached hydrogens (tertiary/aromatic N) is 3. The number of esters is 1. The van der Waals surface area contributed by atoms with E-state index >= 15 is 0 Å². The number of rotatable bonds is 7. The standard InChI is InChI=1S/C23H29N3O4/c1-16-7-3-4-10-19(16)26-20-11-5-9-18(20)22(24-26)23(28)25(13-12-21(27)29-2)15-17-8-6-14-30-17/h3-4,7,10,17H,5-6,8-9,11-15H2,1-2H3. The molecule has 0 saturated carbocycles. The van der Waals surface area contributed by atoms with Gasteiger partial charge in [0.1, 0.15) is 0 Å². The average Bonchev–Trinajstić information content (AvgIpc) is 3.49. The predicted octanol–water partition coefficient (Wildman–Crippen LogP) is 2.85. The summed E-state index contributed by atoms with van der Waals surface area (Å²) in [6.45, 7) is 3.56. The van der Waals surface area contributed by atoms with Crippen LogP contribution in [0.5, 0.6) is 0 Å². The zero-order chi connectivity index (χ0) is 21.1. The fourth-order valence-electron chi connectivity index (χ4n) is 4.40. The molecule has 1 aromatic carbocycles. The second-order valence-corrected chi connectivity index (χ2v) is 8.04. The zero-order valence-corrected chi connectivity index (χ0v) is 17.7. The van der Waals surface area contributed by atoms with Gasteiger partial charge in [-0.3, -0.25) is 9.59 Å². The molecule has 160 valence electrons. The van der Waals surface area contributed by atoms with Crippen LogP contribution in [0.25, 0.3) is 5.69 Å². The molecule has 4 rings (SSSR count). The summed E-state index contributed by atoms with van der Waals surface area (Å²) in [7, 11) is 1.37. The number of fused-ring (bicyclic) bond motifs is 1. The van der Waals surface area contributed by atoms with Crippen LogP contribution in [0, 0.1) is 6.92 Å². The molecule has 1 atom stereocenters. The molecule has 0 bridgehead atoms. The van der Waals surface area contributed by atoms with Crippen molar-refractivity contribution in [1.29, 1.82) is 0 Å². The van der Waals surface area contributed by atoms with Crippen LogP contribution < -0.4 is 0 Å². The third-order valence-corrected chi connectivity index (χ3v) is 6.03. The van der Waals surface area contributed by atoms with E-state index in [1.54, 1.807) is 4.90 Å². The maximum absolute atomic E-state index is 13.6. The highest BCUT2D eigenvalue weighted by atomic mass is 16.5. The topological polar surface area (TPSA) is 73.7 Å². The number of amides is 1. The molecule has 1 aromatic heterocycles. The van der Waals surface area contributed by atoms with Gasteiger partial charge in [0.15, 0.2) is 5.69 Å². The molecular formula is C23H29N3O4. The molecule has 30 heavy (non-hydrogen) atoms. The molecule has 1 fully saturated rings. The summed E-state index contributed by atoms with van der Waals surface area (Å²) >= 11 is 0. The van der Waals surface area contributed by atoms with Crippen molar-refractivity contribution in [3.8, 4) is 5.69 Å². The monoisotopic (exact) mass is 411 g/mol. The van der Waals surface area contributed by atoms with Crippen molar-refractivity contribution in [2.45, 2.75) is 51.6 Å². The van der Waals surface area contributed by atoms with Crippen molar-refractivity contribution in [2.75, 3.05) is 26.8 Å². The quantitative estimate of drug-likeness (QED) is 0.655. The summed E-state index contributed by atoms with van der Waals surface area (Å²) in [4.78, 5) is 27.0. The highest BCUT2D eigenvalue weighted by Gasteiger charge is 2.31. The first-order valence-electron chi connectivity index (χ1n) is 10.7. The molecule has 2 aromatic rings. The van der Waals surface area contributed by atoms with Crippen LogP contribution >= 0.6 is 0 Å². The van der Waals surface area contributed by atoms with Gasteiger partial charge in [-0.2, -0.15) is 5.10 Å². The van der Waals surface area contributed by atoms with Gasteiger partial charge < -0.3 is 14.4 Å². The number of aryl methyl sites for hydroxylation is 1. The molecule has 1 unspecified atom stereocenters. The number of methoxy groups -OCH3 is 1. The lowest BCUT2D eigenvalue weighted by Crippen LogP contribution is -2.39. The Hall–Kier alpha value is -2.67. The van der Waals surface area contributed by atoms with E-state index < -0.39 is 0 Å². The van der Waals surface area contributed by atoms with E-state index in [2.05, 4.69) is 13.0 Å². The molecule has 1 saturated heterocycles. The van der Waals surface area contributed by atoms with E-state index in [1.165, 1.54) is 7.11 Å². The third-order valence-electron chi connectivity index (χ3n) is 6.03. The molecule has 0 N–H and O–H groups in total. The Labute approximate surface area is 177 Å². The largest absolute Gasteiger partial charge is 0.469 e. The molecule has 1 aliphatic heterocycles. The summed E-state index contributed by atoms with van der Waals surface area (Å²) in [5, 5.41) is 4.77. The highest BCUT2D eigenvalue weighted by molar-refractivity contribution is 5.94. The van der Waals surface area contributed by atoms with Crippen LogP contribution in [0.2, 0.25) is 0 Å². The van der Waals surface area contributed by atoms with Gasteiger partial charge in [0.25, 0.3) is 5.91 Å². The molecule has 0 radical (unpaired) electrons. The molecule has 7 heteroatoms. The predicted molar refractivity (Wildman–Crippen MR) is 112 cm³/mol. The lowest BCUT2D eigenvalue weighted by Gasteiger charge is -2.24. The minimum atomic E-state index is -0.323. The minimum Gasteiger partial charge on any atom is -0.469 e. The molecule has 0 spiro atoms. The second-order valence-electron chi connectivity index (χ2n) is 8.04. The summed E-state index contributed by atoms with van der Waals surface area (Å²) < 4.78 is 12.5. The molecular weight excluding hydrogens is 382 g/mol. The van der Waals surface area contributed by atoms with E-state index in [-0.39, 0.29) is 24.4 Å². The Balaban J connectivity index is 1.64. The Morgan fingerprint density at radius 2 is 2.10 bits per heavy atom. The first-order valence-corrected chi connectivity index (χ1v) is 10.7. The van der Waals surface area contributed by atoms with Gasteiger partial charge in [0.05, 0.1) is 25.3 Å².